The van der Waals surface area contributed by atoms with E-state index in [4.69, 9.17) is 41.3 Å². The molecule has 7 amide bonds. The molecule has 4 aromatic carbocycles. The molecule has 1 heterocycles. The van der Waals surface area contributed by atoms with E-state index < -0.39 is 60.4 Å². The predicted octanol–water partition coefficient (Wildman–Crippen LogP) is 7.54. The van der Waals surface area contributed by atoms with Crippen molar-refractivity contribution in [2.24, 2.45) is 23.5 Å². The molecule has 5 rings (SSSR count). The zero-order chi connectivity index (χ0) is 61.3. The van der Waals surface area contributed by atoms with Crippen molar-refractivity contribution in [3.05, 3.63) is 141 Å². The molecule has 0 saturated carbocycles. The molecule has 0 fully saturated rings. The summed E-state index contributed by atoms with van der Waals surface area (Å²) in [7, 11) is 1.37. The molecule has 0 spiro atoms. The van der Waals surface area contributed by atoms with E-state index in [0.717, 1.165) is 11.1 Å². The molecule has 5 atom stereocenters. The van der Waals surface area contributed by atoms with E-state index in [1.807, 2.05) is 70.2 Å². The van der Waals surface area contributed by atoms with Crippen molar-refractivity contribution in [1.29, 1.82) is 0 Å². The maximum Gasteiger partial charge on any atom is 0.407 e. The van der Waals surface area contributed by atoms with E-state index >= 15 is 0 Å². The molecule has 2 unspecified atom stereocenters. The van der Waals surface area contributed by atoms with Gasteiger partial charge in [0, 0.05) is 68.3 Å². The number of nitrogens with zero attached hydrogens (tertiary/aromatic N) is 3. The van der Waals surface area contributed by atoms with Crippen LogP contribution in [0.2, 0.25) is 5.02 Å². The number of amides is 7. The number of rotatable bonds is 33. The minimum atomic E-state index is -1.09. The highest BCUT2D eigenvalue weighted by Gasteiger charge is 2.34. The Morgan fingerprint density at radius 1 is 0.798 bits per heavy atom. The van der Waals surface area contributed by atoms with Gasteiger partial charge in [0.1, 0.15) is 30.9 Å². The van der Waals surface area contributed by atoms with Crippen LogP contribution in [0.1, 0.15) is 112 Å². The molecule has 22 nitrogen and oxygen atoms in total. The van der Waals surface area contributed by atoms with Crippen LogP contribution < -0.4 is 37.9 Å². The lowest BCUT2D eigenvalue weighted by molar-refractivity contribution is -0.181. The van der Waals surface area contributed by atoms with Crippen LogP contribution in [0.5, 0.6) is 0 Å². The Hall–Kier alpha value is -7.92. The average Bonchev–Trinajstić information content (AvgIpc) is 2.80. The second-order valence-electron chi connectivity index (χ2n) is 21.0. The van der Waals surface area contributed by atoms with Gasteiger partial charge in [-0.3, -0.25) is 28.5 Å². The van der Waals surface area contributed by atoms with Crippen molar-refractivity contribution in [3.8, 4) is 0 Å². The summed E-state index contributed by atoms with van der Waals surface area (Å²) in [6, 6.07) is 25.7. The molecule has 0 radical (unpaired) electrons. The Balaban J connectivity index is 1.18. The lowest BCUT2D eigenvalue weighted by Gasteiger charge is -2.35. The summed E-state index contributed by atoms with van der Waals surface area (Å²) in [4.78, 5) is 113. The van der Waals surface area contributed by atoms with Crippen molar-refractivity contribution in [1.82, 2.24) is 35.7 Å². The van der Waals surface area contributed by atoms with Gasteiger partial charge in [0.15, 0.2) is 6.29 Å². The number of aliphatic hydroxyl groups is 1. The highest BCUT2D eigenvalue weighted by molar-refractivity contribution is 6.31. The molecule has 84 heavy (non-hydrogen) atoms. The number of carbonyl (C=O) groups is 7. The third-order valence-electron chi connectivity index (χ3n) is 13.8. The summed E-state index contributed by atoms with van der Waals surface area (Å²) in [6.45, 7) is 11.2. The molecular formula is C61H80ClN9O13. The number of hydrogen-bond acceptors (Lipinski definition) is 14. The van der Waals surface area contributed by atoms with E-state index in [-0.39, 0.29) is 107 Å². The molecule has 0 aliphatic heterocycles. The van der Waals surface area contributed by atoms with Crippen LogP contribution in [0, 0.1) is 24.7 Å². The second kappa shape index (κ2) is 34.0. The summed E-state index contributed by atoms with van der Waals surface area (Å²) in [5.74, 6) is -2.68. The molecule has 0 aliphatic carbocycles. The number of halogens is 1. The number of carbonyl (C=O) groups excluding carboxylic acids is 7. The van der Waals surface area contributed by atoms with E-state index in [1.165, 1.54) is 7.11 Å². The van der Waals surface area contributed by atoms with Crippen LogP contribution in [0.25, 0.3) is 10.9 Å². The SMILES string of the molecule is CCC(CO)OC(COC(=O)NCCC(=O)C[C@@H](C(=O)N[C@H](CCCNC(N)=O)C(=O)Nc1ccc(COC(=O)NCCCN(C(=O)c2ccc(C)cc2)[C@@H](c2nc3cc(Cl)ccc3c(=O)n2Cc2ccccc2)C(C)C)cc1)C(C)C)OC. The van der Waals surface area contributed by atoms with E-state index in [9.17, 15) is 43.5 Å². The van der Waals surface area contributed by atoms with Crippen molar-refractivity contribution in [2.75, 3.05) is 51.8 Å². The number of aryl methyl sites for hydroxylation is 1. The van der Waals surface area contributed by atoms with Crippen LogP contribution >= 0.6 is 11.6 Å². The van der Waals surface area contributed by atoms with Gasteiger partial charge in [-0.15, -0.1) is 0 Å². The third-order valence-corrected chi connectivity index (χ3v) is 14.1. The van der Waals surface area contributed by atoms with Crippen molar-refractivity contribution in [3.63, 3.8) is 0 Å². The number of Topliss-reactive ketones (excluding diaryl/α,β-unsaturated/α-hetero) is 1. The van der Waals surface area contributed by atoms with E-state index in [0.29, 0.717) is 51.4 Å². The number of ketones is 1. The quantitative estimate of drug-likeness (QED) is 0.0158. The minimum absolute atomic E-state index is 0.0713. The molecule has 0 aliphatic rings. The summed E-state index contributed by atoms with van der Waals surface area (Å²) in [6.07, 6.45) is -2.00. The monoisotopic (exact) mass is 1180 g/mol. The number of anilines is 1. The van der Waals surface area contributed by atoms with Crippen LogP contribution in [0.4, 0.5) is 20.1 Å². The second-order valence-corrected chi connectivity index (χ2v) is 21.4. The fraction of sp³-hybridized carbons (Fsp3) is 0.459. The summed E-state index contributed by atoms with van der Waals surface area (Å²) >= 11 is 6.42. The average molecular weight is 1180 g/mol. The maximum absolute atomic E-state index is 14.6. The first-order valence-electron chi connectivity index (χ1n) is 28.2. The van der Waals surface area contributed by atoms with Gasteiger partial charge in [-0.25, -0.2) is 19.4 Å². The molecule has 5 aromatic rings. The lowest BCUT2D eigenvalue weighted by atomic mass is 9.88. The number of aromatic nitrogens is 2. The first-order valence-corrected chi connectivity index (χ1v) is 28.6. The number of alkyl carbamates (subject to hydrolysis) is 2. The Labute approximate surface area is 494 Å². The number of benzene rings is 4. The van der Waals surface area contributed by atoms with Gasteiger partial charge in [0.25, 0.3) is 11.5 Å². The third kappa shape index (κ3) is 21.1. The highest BCUT2D eigenvalue weighted by atomic mass is 35.5. The van der Waals surface area contributed by atoms with Gasteiger partial charge in [0.2, 0.25) is 11.8 Å². The predicted molar refractivity (Wildman–Crippen MR) is 318 cm³/mol. The van der Waals surface area contributed by atoms with Gasteiger partial charge in [-0.05, 0) is 98.0 Å². The van der Waals surface area contributed by atoms with Crippen molar-refractivity contribution in [2.45, 2.75) is 118 Å². The topological polar surface area (TPSA) is 301 Å². The number of ether oxygens (including phenoxy) is 4. The van der Waals surface area contributed by atoms with Crippen LogP contribution in [0.3, 0.4) is 0 Å². The highest BCUT2D eigenvalue weighted by Crippen LogP contribution is 2.31. The molecule has 0 bridgehead atoms. The molecule has 454 valence electrons. The van der Waals surface area contributed by atoms with Crippen LogP contribution in [-0.4, -0.2) is 126 Å². The minimum Gasteiger partial charge on any atom is -0.445 e. The van der Waals surface area contributed by atoms with Crippen LogP contribution in [0.15, 0.2) is 102 Å². The van der Waals surface area contributed by atoms with E-state index in [2.05, 4.69) is 26.6 Å². The van der Waals surface area contributed by atoms with Gasteiger partial charge in [0.05, 0.1) is 36.2 Å². The van der Waals surface area contributed by atoms with Gasteiger partial charge < -0.3 is 61.3 Å². The fourth-order valence-corrected chi connectivity index (χ4v) is 9.29. The lowest BCUT2D eigenvalue weighted by Crippen LogP contribution is -2.47. The molecule has 1 aromatic heterocycles. The maximum atomic E-state index is 14.6. The summed E-state index contributed by atoms with van der Waals surface area (Å²) in [5.41, 5.74) is 8.63. The number of aliphatic hydroxyl groups excluding tert-OH is 1. The number of nitrogens with two attached hydrogens (primary N) is 1. The van der Waals surface area contributed by atoms with Gasteiger partial charge in [-0.2, -0.15) is 0 Å². The number of nitrogens with one attached hydrogen (secondary N) is 5. The smallest absolute Gasteiger partial charge is 0.407 e. The van der Waals surface area contributed by atoms with Crippen molar-refractivity contribution < 1.29 is 57.6 Å². The number of fused-ring (bicyclic) bond motifs is 1. The Kier molecular flexibility index (Phi) is 27.1. The zero-order valence-corrected chi connectivity index (χ0v) is 49.6. The first-order chi connectivity index (χ1) is 40.2. The molecule has 0 saturated heterocycles. The fourth-order valence-electron chi connectivity index (χ4n) is 9.12. The van der Waals surface area contributed by atoms with E-state index in [1.54, 1.807) is 77.9 Å². The number of urea groups is 1. The number of hydrogen-bond donors (Lipinski definition) is 7. The molecular weight excluding hydrogens is 1100 g/mol. The van der Waals surface area contributed by atoms with Crippen molar-refractivity contribution >= 4 is 69.9 Å². The van der Waals surface area contributed by atoms with Gasteiger partial charge in [-0.1, -0.05) is 106 Å². The summed E-state index contributed by atoms with van der Waals surface area (Å²) < 4.78 is 23.0. The zero-order valence-electron chi connectivity index (χ0n) is 48.8. The Morgan fingerprint density at radius 3 is 2.12 bits per heavy atom. The standard InChI is InChI=1S/C61H80ClN9O13/c1-8-47(35-72)84-52(81-7)37-83-61(80)66-30-27-46(73)33-49(38(2)3)55(74)69-50(16-12-28-64-59(63)78)56(75)67-45-24-19-42(20-25-45)36-82-60(79)65-29-13-31-70(57(76)43-21-17-40(6)18-22-43)53(39(4)5)54-68-51-32-44(62)23-26-48(51)58(77)71(54)34-41-14-10-9-11-15-41/h9-11,14-15,17-26,32,38-39,47,49-50,52-53,72H,8,12-13,16,27-31,33-37H2,1-7H3,(H,65,79)(H,66,80)(H,67,75)(H,69,74)(H3,63,64,78)/t47?,49-,50-,52?,53-/m1/s1. The number of primary amides is 1. The molecule has 23 heteroatoms. The largest absolute Gasteiger partial charge is 0.445 e. The number of methoxy groups -OCH3 is 1. The Morgan fingerprint density at radius 2 is 1.48 bits per heavy atom. The summed E-state index contributed by atoms with van der Waals surface area (Å²) in [5, 5.41) is 23.5. The first kappa shape index (κ1) is 66.9. The Bertz CT molecular complexity index is 3030. The molecule has 8 N–H and O–H groups in total. The normalized spacial score (nSPS) is 13.0. The van der Waals surface area contributed by atoms with Gasteiger partial charge >= 0.3 is 18.2 Å². The van der Waals surface area contributed by atoms with Crippen LogP contribution in [-0.2, 0) is 46.5 Å².